The van der Waals surface area contributed by atoms with Crippen LogP contribution < -0.4 is 9.47 Å². The number of rotatable bonds is 3. The minimum Gasteiger partial charge on any atom is -0.497 e. The summed E-state index contributed by atoms with van der Waals surface area (Å²) in [6.07, 6.45) is 0.526. The molecule has 5 rings (SSSR count). The third-order valence-electron chi connectivity index (χ3n) is 5.26. The molecule has 0 bridgehead atoms. The Labute approximate surface area is 169 Å². The van der Waals surface area contributed by atoms with Crippen LogP contribution in [0.5, 0.6) is 11.5 Å². The molecule has 0 aliphatic carbocycles. The summed E-state index contributed by atoms with van der Waals surface area (Å²) in [6.45, 7) is 0. The summed E-state index contributed by atoms with van der Waals surface area (Å²) in [5.41, 5.74) is 4.29. The molecule has 0 saturated heterocycles. The van der Waals surface area contributed by atoms with E-state index >= 15 is 0 Å². The molecule has 0 amide bonds. The lowest BCUT2D eigenvalue weighted by Gasteiger charge is -2.38. The molecule has 0 N–H and O–H groups in total. The van der Waals surface area contributed by atoms with Crippen LogP contribution in [0.2, 0.25) is 5.02 Å². The molecule has 2 aliphatic rings. The number of halogens is 1. The molecule has 2 heterocycles. The van der Waals surface area contributed by atoms with E-state index in [0.29, 0.717) is 5.02 Å². The normalized spacial score (nSPS) is 20.1. The summed E-state index contributed by atoms with van der Waals surface area (Å²) in [7, 11) is 1.68. The smallest absolute Gasteiger partial charge is 0.213 e. The first-order chi connectivity index (χ1) is 13.7. The topological polar surface area (TPSA) is 34.1 Å². The second-order valence-corrected chi connectivity index (χ2v) is 7.37. The van der Waals surface area contributed by atoms with Crippen LogP contribution >= 0.6 is 11.6 Å². The van der Waals surface area contributed by atoms with Gasteiger partial charge in [0.2, 0.25) is 6.23 Å². The Hall–Kier alpha value is -2.98. The Morgan fingerprint density at radius 2 is 1.86 bits per heavy atom. The van der Waals surface area contributed by atoms with Crippen LogP contribution in [0.15, 0.2) is 77.9 Å². The van der Waals surface area contributed by atoms with Gasteiger partial charge < -0.3 is 9.47 Å². The lowest BCUT2D eigenvalue weighted by Crippen LogP contribution is -2.33. The van der Waals surface area contributed by atoms with Crippen LogP contribution in [0.4, 0.5) is 0 Å². The quantitative estimate of drug-likeness (QED) is 0.584. The molecule has 3 aromatic rings. The van der Waals surface area contributed by atoms with E-state index in [1.165, 1.54) is 0 Å². The van der Waals surface area contributed by atoms with E-state index in [4.69, 9.17) is 26.2 Å². The second-order valence-electron chi connectivity index (χ2n) is 6.94. The van der Waals surface area contributed by atoms with Crippen molar-refractivity contribution in [1.29, 1.82) is 0 Å². The van der Waals surface area contributed by atoms with Crippen molar-refractivity contribution in [2.45, 2.75) is 18.7 Å². The highest BCUT2D eigenvalue weighted by molar-refractivity contribution is 6.30. The maximum Gasteiger partial charge on any atom is 0.213 e. The third kappa shape index (κ3) is 2.90. The van der Waals surface area contributed by atoms with Crippen LogP contribution in [0.1, 0.15) is 35.4 Å². The SMILES string of the molecule is COc1cccc(C2=NN3[C@@H](c4ccc(Cl)cc4)Oc4ccccc4[C@@H]3C2)c1. The Morgan fingerprint density at radius 1 is 1.04 bits per heavy atom. The predicted molar refractivity (Wildman–Crippen MR) is 110 cm³/mol. The van der Waals surface area contributed by atoms with Gasteiger partial charge in [0.15, 0.2) is 0 Å². The van der Waals surface area contributed by atoms with Crippen molar-refractivity contribution in [2.75, 3.05) is 7.11 Å². The van der Waals surface area contributed by atoms with Crippen molar-refractivity contribution >= 4 is 17.3 Å². The van der Waals surface area contributed by atoms with Gasteiger partial charge in [0, 0.05) is 28.1 Å². The van der Waals surface area contributed by atoms with E-state index in [1.54, 1.807) is 7.11 Å². The summed E-state index contributed by atoms with van der Waals surface area (Å²) in [5, 5.41) is 7.75. The predicted octanol–water partition coefficient (Wildman–Crippen LogP) is 5.59. The molecule has 0 aromatic heterocycles. The average molecular weight is 391 g/mol. The van der Waals surface area contributed by atoms with Gasteiger partial charge in [-0.1, -0.05) is 54.1 Å². The van der Waals surface area contributed by atoms with Crippen LogP contribution in [-0.2, 0) is 0 Å². The molecular formula is C23H19ClN2O2. The van der Waals surface area contributed by atoms with Gasteiger partial charge in [-0.25, -0.2) is 5.01 Å². The van der Waals surface area contributed by atoms with E-state index in [-0.39, 0.29) is 12.3 Å². The first-order valence-electron chi connectivity index (χ1n) is 9.24. The number of methoxy groups -OCH3 is 1. The molecular weight excluding hydrogens is 372 g/mol. The maximum absolute atomic E-state index is 6.35. The fourth-order valence-corrected chi connectivity index (χ4v) is 3.98. The van der Waals surface area contributed by atoms with Crippen molar-refractivity contribution in [3.63, 3.8) is 0 Å². The zero-order valence-electron chi connectivity index (χ0n) is 15.4. The summed E-state index contributed by atoms with van der Waals surface area (Å²) in [5.74, 6) is 1.74. The van der Waals surface area contributed by atoms with E-state index in [1.807, 2.05) is 60.7 Å². The number of fused-ring (bicyclic) bond motifs is 3. The van der Waals surface area contributed by atoms with E-state index < -0.39 is 0 Å². The van der Waals surface area contributed by atoms with Crippen LogP contribution in [-0.4, -0.2) is 17.8 Å². The van der Waals surface area contributed by atoms with Crippen LogP contribution in [0.3, 0.4) is 0 Å². The zero-order valence-corrected chi connectivity index (χ0v) is 16.1. The number of para-hydroxylation sites is 1. The number of hydrazone groups is 1. The van der Waals surface area contributed by atoms with Crippen LogP contribution in [0.25, 0.3) is 0 Å². The van der Waals surface area contributed by atoms with Crippen molar-refractivity contribution in [1.82, 2.24) is 5.01 Å². The monoisotopic (exact) mass is 390 g/mol. The fourth-order valence-electron chi connectivity index (χ4n) is 3.86. The molecule has 5 heteroatoms. The molecule has 3 aromatic carbocycles. The average Bonchev–Trinajstić information content (AvgIpc) is 3.20. The molecule has 0 unspecified atom stereocenters. The van der Waals surface area contributed by atoms with Crippen LogP contribution in [0, 0.1) is 0 Å². The molecule has 0 saturated carbocycles. The summed E-state index contributed by atoms with van der Waals surface area (Å²) in [4.78, 5) is 0. The van der Waals surface area contributed by atoms with Gasteiger partial charge in [0.25, 0.3) is 0 Å². The summed E-state index contributed by atoms with van der Waals surface area (Å²) < 4.78 is 11.7. The zero-order chi connectivity index (χ0) is 19.1. The van der Waals surface area contributed by atoms with Crippen molar-refractivity contribution in [3.05, 3.63) is 94.5 Å². The minimum absolute atomic E-state index is 0.131. The van der Waals surface area contributed by atoms with Gasteiger partial charge in [0.1, 0.15) is 11.5 Å². The first-order valence-corrected chi connectivity index (χ1v) is 9.62. The molecule has 140 valence electrons. The highest BCUT2D eigenvalue weighted by Crippen LogP contribution is 2.47. The summed E-state index contributed by atoms with van der Waals surface area (Å²) >= 11 is 6.08. The molecule has 0 spiro atoms. The Bertz CT molecular complexity index is 1050. The first kappa shape index (κ1) is 17.1. The van der Waals surface area contributed by atoms with Crippen molar-refractivity contribution < 1.29 is 9.47 Å². The molecule has 4 nitrogen and oxygen atoms in total. The Kier molecular flexibility index (Phi) is 4.21. The van der Waals surface area contributed by atoms with Gasteiger partial charge in [-0.2, -0.15) is 5.10 Å². The Morgan fingerprint density at radius 3 is 2.68 bits per heavy atom. The number of benzene rings is 3. The minimum atomic E-state index is -0.291. The van der Waals surface area contributed by atoms with E-state index in [2.05, 4.69) is 17.1 Å². The van der Waals surface area contributed by atoms with Crippen molar-refractivity contribution in [2.24, 2.45) is 5.10 Å². The van der Waals surface area contributed by atoms with E-state index in [0.717, 1.165) is 40.3 Å². The molecule has 0 radical (unpaired) electrons. The lowest BCUT2D eigenvalue weighted by atomic mass is 9.96. The largest absolute Gasteiger partial charge is 0.497 e. The van der Waals surface area contributed by atoms with Crippen molar-refractivity contribution in [3.8, 4) is 11.5 Å². The highest BCUT2D eigenvalue weighted by atomic mass is 35.5. The number of hydrogen-bond donors (Lipinski definition) is 0. The van der Waals surface area contributed by atoms with Gasteiger partial charge >= 0.3 is 0 Å². The number of nitrogens with zero attached hydrogens (tertiary/aromatic N) is 2. The second kappa shape index (κ2) is 6.88. The van der Waals surface area contributed by atoms with Gasteiger partial charge in [-0.3, -0.25) is 0 Å². The van der Waals surface area contributed by atoms with E-state index in [9.17, 15) is 0 Å². The lowest BCUT2D eigenvalue weighted by molar-refractivity contribution is -0.0190. The molecule has 28 heavy (non-hydrogen) atoms. The maximum atomic E-state index is 6.35. The third-order valence-corrected chi connectivity index (χ3v) is 5.51. The fraction of sp³-hybridized carbons (Fsp3) is 0.174. The number of ether oxygens (including phenoxy) is 2. The molecule has 2 aliphatic heterocycles. The summed E-state index contributed by atoms with van der Waals surface area (Å²) in [6, 6.07) is 24.1. The molecule has 0 fully saturated rings. The highest BCUT2D eigenvalue weighted by Gasteiger charge is 2.40. The van der Waals surface area contributed by atoms with Gasteiger partial charge in [-0.15, -0.1) is 0 Å². The number of hydrogen-bond acceptors (Lipinski definition) is 4. The Balaban J connectivity index is 1.58. The standard InChI is InChI=1S/C23H19ClN2O2/c1-27-18-6-4-5-16(13-18)20-14-21-19-7-2-3-8-22(19)28-23(26(21)25-20)15-9-11-17(24)12-10-15/h2-13,21,23H,14H2,1H3/t21-,23+/m0/s1. The van der Waals surface area contributed by atoms with Gasteiger partial charge in [-0.05, 0) is 30.3 Å². The molecule has 2 atom stereocenters. The van der Waals surface area contributed by atoms with Gasteiger partial charge in [0.05, 0.1) is 18.9 Å².